The highest BCUT2D eigenvalue weighted by Gasteiger charge is 2.28. The normalized spacial score (nSPS) is 14.1. The van der Waals surface area contributed by atoms with E-state index in [1.807, 2.05) is 13.0 Å². The van der Waals surface area contributed by atoms with Gasteiger partial charge in [0.05, 0.1) is 0 Å². The van der Waals surface area contributed by atoms with E-state index < -0.39 is 0 Å². The number of amides is 1. The zero-order valence-electron chi connectivity index (χ0n) is 10.8. The van der Waals surface area contributed by atoms with E-state index >= 15 is 0 Å². The summed E-state index contributed by atoms with van der Waals surface area (Å²) in [4.78, 5) is 19.9. The smallest absolute Gasteiger partial charge is 0.224 e. The van der Waals surface area contributed by atoms with Crippen molar-refractivity contribution >= 4 is 17.7 Å². The van der Waals surface area contributed by atoms with E-state index in [0.29, 0.717) is 19.0 Å². The van der Waals surface area contributed by atoms with Gasteiger partial charge in [0.15, 0.2) is 0 Å². The molecule has 1 heterocycles. The van der Waals surface area contributed by atoms with Crippen molar-refractivity contribution in [2.24, 2.45) is 5.92 Å². The van der Waals surface area contributed by atoms with Crippen molar-refractivity contribution in [3.63, 3.8) is 0 Å². The Hall–Kier alpha value is -1.85. The largest absolute Gasteiger partial charge is 0.368 e. The van der Waals surface area contributed by atoms with E-state index in [-0.39, 0.29) is 11.8 Å². The van der Waals surface area contributed by atoms with E-state index in [1.54, 1.807) is 7.05 Å². The Labute approximate surface area is 107 Å². The summed E-state index contributed by atoms with van der Waals surface area (Å²) in [6.07, 6.45) is 2.08. The maximum Gasteiger partial charge on any atom is 0.224 e. The third-order valence-corrected chi connectivity index (χ3v) is 2.76. The second-order valence-electron chi connectivity index (χ2n) is 4.46. The average Bonchev–Trinajstić information content (AvgIpc) is 3.17. The Bertz CT molecular complexity index is 430. The standard InChI is InChI=1S/C12H19N5O/c1-8-7-10(17-12(13-2)16-8)14-5-6-15-11(18)9-3-4-9/h7,9H,3-6H2,1-2H3,(H,15,18)(H2,13,14,16,17). The van der Waals surface area contributed by atoms with Crippen LogP contribution in [-0.2, 0) is 4.79 Å². The van der Waals surface area contributed by atoms with Crippen LogP contribution < -0.4 is 16.0 Å². The minimum absolute atomic E-state index is 0.173. The van der Waals surface area contributed by atoms with Crippen molar-refractivity contribution < 1.29 is 4.79 Å². The van der Waals surface area contributed by atoms with Crippen molar-refractivity contribution in [1.29, 1.82) is 0 Å². The molecule has 6 nitrogen and oxygen atoms in total. The minimum atomic E-state index is 0.173. The molecule has 0 spiro atoms. The van der Waals surface area contributed by atoms with E-state index in [1.165, 1.54) is 0 Å². The molecule has 98 valence electrons. The van der Waals surface area contributed by atoms with Crippen LogP contribution >= 0.6 is 0 Å². The van der Waals surface area contributed by atoms with Gasteiger partial charge in [-0.25, -0.2) is 4.98 Å². The number of hydrogen-bond donors (Lipinski definition) is 3. The lowest BCUT2D eigenvalue weighted by Gasteiger charge is -2.09. The van der Waals surface area contributed by atoms with Crippen molar-refractivity contribution in [3.05, 3.63) is 11.8 Å². The fraction of sp³-hybridized carbons (Fsp3) is 0.583. The first-order valence-corrected chi connectivity index (χ1v) is 6.24. The quantitative estimate of drug-likeness (QED) is 0.649. The van der Waals surface area contributed by atoms with E-state index in [4.69, 9.17) is 0 Å². The van der Waals surface area contributed by atoms with Crippen LogP contribution in [0.5, 0.6) is 0 Å². The van der Waals surface area contributed by atoms with E-state index in [0.717, 1.165) is 24.4 Å². The van der Waals surface area contributed by atoms with E-state index in [2.05, 4.69) is 25.9 Å². The van der Waals surface area contributed by atoms with Crippen molar-refractivity contribution in [2.75, 3.05) is 30.8 Å². The van der Waals surface area contributed by atoms with Crippen molar-refractivity contribution in [3.8, 4) is 0 Å². The Morgan fingerprint density at radius 2 is 2.17 bits per heavy atom. The fourth-order valence-corrected chi connectivity index (χ4v) is 1.64. The second-order valence-corrected chi connectivity index (χ2v) is 4.46. The molecule has 0 aromatic carbocycles. The summed E-state index contributed by atoms with van der Waals surface area (Å²) in [5, 5.41) is 8.97. The van der Waals surface area contributed by atoms with Crippen LogP contribution in [0.25, 0.3) is 0 Å². The minimum Gasteiger partial charge on any atom is -0.368 e. The second kappa shape index (κ2) is 5.66. The first kappa shape index (κ1) is 12.6. The van der Waals surface area contributed by atoms with E-state index in [9.17, 15) is 4.79 Å². The Balaban J connectivity index is 1.75. The number of hydrogen-bond acceptors (Lipinski definition) is 5. The summed E-state index contributed by atoms with van der Waals surface area (Å²) in [5.74, 6) is 1.81. The van der Waals surface area contributed by atoms with Gasteiger partial charge in [0.25, 0.3) is 0 Å². The third-order valence-electron chi connectivity index (χ3n) is 2.76. The summed E-state index contributed by atoms with van der Waals surface area (Å²) in [7, 11) is 1.79. The highest BCUT2D eigenvalue weighted by Crippen LogP contribution is 2.28. The van der Waals surface area contributed by atoms with Crippen molar-refractivity contribution in [2.45, 2.75) is 19.8 Å². The van der Waals surface area contributed by atoms with Crippen LogP contribution in [-0.4, -0.2) is 36.0 Å². The number of nitrogens with zero attached hydrogens (tertiary/aromatic N) is 2. The zero-order chi connectivity index (χ0) is 13.0. The van der Waals surface area contributed by atoms with Crippen LogP contribution in [0.15, 0.2) is 6.07 Å². The number of carbonyl (C=O) groups excluding carboxylic acids is 1. The first-order chi connectivity index (χ1) is 8.69. The van der Waals surface area contributed by atoms with Crippen LogP contribution in [0, 0.1) is 12.8 Å². The molecule has 1 aromatic heterocycles. The lowest BCUT2D eigenvalue weighted by molar-refractivity contribution is -0.122. The number of carbonyl (C=O) groups is 1. The molecule has 3 N–H and O–H groups in total. The Morgan fingerprint density at radius 1 is 1.39 bits per heavy atom. The molecule has 6 heteroatoms. The zero-order valence-corrected chi connectivity index (χ0v) is 10.8. The number of anilines is 2. The van der Waals surface area contributed by atoms with Gasteiger partial charge in [0.1, 0.15) is 5.82 Å². The topological polar surface area (TPSA) is 78.9 Å². The molecule has 2 rings (SSSR count). The SMILES string of the molecule is CNc1nc(C)cc(NCCNC(=O)C2CC2)n1. The van der Waals surface area contributed by atoms with Gasteiger partial charge in [0.2, 0.25) is 11.9 Å². The van der Waals surface area contributed by atoms with Crippen molar-refractivity contribution in [1.82, 2.24) is 15.3 Å². The van der Waals surface area contributed by atoms with Gasteiger partial charge >= 0.3 is 0 Å². The molecular weight excluding hydrogens is 230 g/mol. The first-order valence-electron chi connectivity index (χ1n) is 6.24. The van der Waals surface area contributed by atoms with Gasteiger partial charge in [-0.2, -0.15) is 4.98 Å². The number of rotatable bonds is 6. The van der Waals surface area contributed by atoms with Crippen LogP contribution in [0.3, 0.4) is 0 Å². The summed E-state index contributed by atoms with van der Waals surface area (Å²) in [6.45, 7) is 3.20. The fourth-order valence-electron chi connectivity index (χ4n) is 1.64. The number of nitrogens with one attached hydrogen (secondary N) is 3. The molecule has 0 saturated heterocycles. The molecule has 1 aliphatic carbocycles. The van der Waals surface area contributed by atoms with Gasteiger partial charge < -0.3 is 16.0 Å². The molecular formula is C12H19N5O. The molecule has 1 aromatic rings. The van der Waals surface area contributed by atoms with Gasteiger partial charge in [0, 0.05) is 37.8 Å². The van der Waals surface area contributed by atoms with Crippen LogP contribution in [0.4, 0.5) is 11.8 Å². The molecule has 1 fully saturated rings. The molecule has 1 saturated carbocycles. The maximum absolute atomic E-state index is 11.4. The molecule has 0 unspecified atom stereocenters. The Morgan fingerprint density at radius 3 is 2.83 bits per heavy atom. The highest BCUT2D eigenvalue weighted by atomic mass is 16.2. The molecule has 18 heavy (non-hydrogen) atoms. The lowest BCUT2D eigenvalue weighted by Crippen LogP contribution is -2.30. The summed E-state index contributed by atoms with van der Waals surface area (Å²) >= 11 is 0. The Kier molecular flexibility index (Phi) is 3.96. The van der Waals surface area contributed by atoms with Gasteiger partial charge in [-0.1, -0.05) is 0 Å². The lowest BCUT2D eigenvalue weighted by atomic mass is 10.4. The molecule has 0 bridgehead atoms. The summed E-state index contributed by atoms with van der Waals surface area (Å²) in [6, 6.07) is 1.88. The molecule has 1 aliphatic rings. The number of aromatic nitrogens is 2. The highest BCUT2D eigenvalue weighted by molar-refractivity contribution is 5.80. The predicted molar refractivity (Wildman–Crippen MR) is 70.5 cm³/mol. The maximum atomic E-state index is 11.4. The molecule has 0 atom stereocenters. The third kappa shape index (κ3) is 3.58. The predicted octanol–water partition coefficient (Wildman–Crippen LogP) is 0.765. The molecule has 0 radical (unpaired) electrons. The van der Waals surface area contributed by atoms with Crippen LogP contribution in [0.1, 0.15) is 18.5 Å². The summed E-state index contributed by atoms with van der Waals surface area (Å²) < 4.78 is 0. The monoisotopic (exact) mass is 249 g/mol. The van der Waals surface area contributed by atoms with Gasteiger partial charge in [-0.15, -0.1) is 0 Å². The summed E-state index contributed by atoms with van der Waals surface area (Å²) in [5.41, 5.74) is 0.902. The van der Waals surface area contributed by atoms with Gasteiger partial charge in [-0.05, 0) is 19.8 Å². The number of aryl methyl sites for hydroxylation is 1. The molecule has 1 amide bonds. The van der Waals surface area contributed by atoms with Crippen LogP contribution in [0.2, 0.25) is 0 Å². The molecule has 0 aliphatic heterocycles. The average molecular weight is 249 g/mol. The van der Waals surface area contributed by atoms with Gasteiger partial charge in [-0.3, -0.25) is 4.79 Å².